The number of hydrogen-bond acceptors (Lipinski definition) is 4. The average Bonchev–Trinajstić information content (AvgIpc) is 2.72. The van der Waals surface area contributed by atoms with Gasteiger partial charge in [0.1, 0.15) is 23.2 Å². The number of ether oxygens (including phenoxy) is 1. The molecule has 1 heterocycles. The number of benzene rings is 1. The Balaban J connectivity index is 1.37. The Morgan fingerprint density at radius 3 is 2.57 bits per heavy atom. The number of halogens is 3. The molecule has 1 aliphatic carbocycles. The van der Waals surface area contributed by atoms with Crippen LogP contribution in [0.5, 0.6) is 5.75 Å². The van der Waals surface area contributed by atoms with Crippen molar-refractivity contribution < 1.29 is 18.4 Å². The molecule has 0 spiro atoms. The van der Waals surface area contributed by atoms with E-state index in [0.717, 1.165) is 30.2 Å². The molecule has 152 valence electrons. The highest BCUT2D eigenvalue weighted by molar-refractivity contribution is 6.31. The van der Waals surface area contributed by atoms with E-state index < -0.39 is 11.6 Å². The molecule has 0 radical (unpaired) electrons. The minimum atomic E-state index is -0.647. The van der Waals surface area contributed by atoms with Crippen molar-refractivity contribution in [1.82, 2.24) is 4.98 Å². The third kappa shape index (κ3) is 6.04. The van der Waals surface area contributed by atoms with E-state index in [9.17, 15) is 8.78 Å². The van der Waals surface area contributed by atoms with E-state index in [1.54, 1.807) is 12.3 Å². The molecular weight excluding hydrogens is 386 g/mol. The third-order valence-electron chi connectivity index (χ3n) is 5.03. The topological polar surface area (TPSA) is 43.4 Å². The fraction of sp³-hybridized carbons (Fsp3) is 0.476. The van der Waals surface area contributed by atoms with Gasteiger partial charge in [-0.1, -0.05) is 43.7 Å². The third-order valence-corrected chi connectivity index (χ3v) is 5.43. The van der Waals surface area contributed by atoms with Crippen LogP contribution >= 0.6 is 11.6 Å². The predicted octanol–water partition coefficient (Wildman–Crippen LogP) is 5.95. The molecule has 7 heteroatoms. The monoisotopic (exact) mass is 410 g/mol. The minimum absolute atomic E-state index is 0.0955. The molecule has 0 saturated heterocycles. The van der Waals surface area contributed by atoms with Gasteiger partial charge in [0.2, 0.25) is 0 Å². The molecule has 1 aromatic heterocycles. The maximum Gasteiger partial charge on any atom is 0.149 e. The van der Waals surface area contributed by atoms with Gasteiger partial charge in [0.25, 0.3) is 0 Å². The first-order valence-electron chi connectivity index (χ1n) is 9.72. The number of hydrogen-bond donors (Lipinski definition) is 1. The number of nitrogens with zero attached hydrogens (tertiary/aromatic N) is 1. The van der Waals surface area contributed by atoms with Gasteiger partial charge in [-0.05, 0) is 36.6 Å². The zero-order valence-corrected chi connectivity index (χ0v) is 16.5. The van der Waals surface area contributed by atoms with Crippen molar-refractivity contribution in [3.05, 3.63) is 52.7 Å². The second kappa shape index (κ2) is 10.6. The van der Waals surface area contributed by atoms with Gasteiger partial charge in [-0.15, -0.1) is 0 Å². The van der Waals surface area contributed by atoms with Gasteiger partial charge >= 0.3 is 0 Å². The Hall–Kier alpha value is -1.92. The molecule has 0 aliphatic heterocycles. The summed E-state index contributed by atoms with van der Waals surface area (Å²) in [5.41, 5.74) is 2.77. The lowest BCUT2D eigenvalue weighted by Gasteiger charge is -2.21. The quantitative estimate of drug-likeness (QED) is 0.315. The fourth-order valence-corrected chi connectivity index (χ4v) is 3.67. The highest BCUT2D eigenvalue weighted by Crippen LogP contribution is 2.26. The van der Waals surface area contributed by atoms with Gasteiger partial charge in [-0.2, -0.15) is 0 Å². The second-order valence-corrected chi connectivity index (χ2v) is 7.42. The first-order chi connectivity index (χ1) is 13.6. The molecule has 1 aromatic carbocycles. The molecule has 2 aromatic rings. The molecule has 0 amide bonds. The summed E-state index contributed by atoms with van der Waals surface area (Å²) in [6, 6.07) is 5.62. The Morgan fingerprint density at radius 2 is 1.82 bits per heavy atom. The summed E-state index contributed by atoms with van der Waals surface area (Å²) in [5.74, 6) is 0.808. The summed E-state index contributed by atoms with van der Waals surface area (Å²) >= 11 is 5.79. The van der Waals surface area contributed by atoms with Crippen LogP contribution in [0.3, 0.4) is 0 Å². The smallest absolute Gasteiger partial charge is 0.149 e. The van der Waals surface area contributed by atoms with E-state index >= 15 is 0 Å². The highest BCUT2D eigenvalue weighted by atomic mass is 35.5. The van der Waals surface area contributed by atoms with Gasteiger partial charge < -0.3 is 4.74 Å². The molecule has 3 rings (SSSR count). The number of anilines is 1. The van der Waals surface area contributed by atoms with Crippen LogP contribution in [0.15, 0.2) is 30.5 Å². The maximum atomic E-state index is 13.7. The lowest BCUT2D eigenvalue weighted by molar-refractivity contribution is 0.195. The van der Waals surface area contributed by atoms with E-state index in [0.29, 0.717) is 12.4 Å². The van der Waals surface area contributed by atoms with Crippen molar-refractivity contribution in [1.29, 1.82) is 0 Å². The van der Waals surface area contributed by atoms with Gasteiger partial charge in [0, 0.05) is 12.0 Å². The van der Waals surface area contributed by atoms with Gasteiger partial charge in [-0.25, -0.2) is 19.2 Å². The summed E-state index contributed by atoms with van der Waals surface area (Å²) < 4.78 is 32.8. The molecule has 0 atom stereocenters. The second-order valence-electron chi connectivity index (χ2n) is 7.04. The van der Waals surface area contributed by atoms with Crippen molar-refractivity contribution in [3.63, 3.8) is 0 Å². The van der Waals surface area contributed by atoms with Crippen LogP contribution in [-0.4, -0.2) is 18.2 Å². The zero-order chi connectivity index (χ0) is 19.8. The first-order valence-corrected chi connectivity index (χ1v) is 10.1. The zero-order valence-electron chi connectivity index (χ0n) is 15.7. The first kappa shape index (κ1) is 20.8. The molecule has 0 bridgehead atoms. The van der Waals surface area contributed by atoms with Crippen LogP contribution in [-0.2, 0) is 11.3 Å². The van der Waals surface area contributed by atoms with E-state index in [2.05, 4.69) is 10.5 Å². The summed E-state index contributed by atoms with van der Waals surface area (Å²) in [6.45, 7) is 0.816. The number of pyridine rings is 1. The van der Waals surface area contributed by atoms with Crippen LogP contribution in [0.25, 0.3) is 0 Å². The highest BCUT2D eigenvalue weighted by Gasteiger charge is 2.13. The largest absolute Gasteiger partial charge is 0.492 e. The van der Waals surface area contributed by atoms with Crippen LogP contribution in [0.1, 0.15) is 44.1 Å². The van der Waals surface area contributed by atoms with Gasteiger partial charge in [0.05, 0.1) is 24.4 Å². The van der Waals surface area contributed by atoms with E-state index in [1.165, 1.54) is 32.1 Å². The van der Waals surface area contributed by atoms with Crippen molar-refractivity contribution >= 4 is 17.4 Å². The van der Waals surface area contributed by atoms with E-state index in [1.807, 2.05) is 6.07 Å². The van der Waals surface area contributed by atoms with Crippen LogP contribution < -0.4 is 10.2 Å². The molecule has 1 aliphatic rings. The Bertz CT molecular complexity index is 753. The van der Waals surface area contributed by atoms with Crippen LogP contribution in [0.2, 0.25) is 5.02 Å². The lowest BCUT2D eigenvalue weighted by atomic mass is 9.87. The average molecular weight is 411 g/mol. The van der Waals surface area contributed by atoms with Crippen molar-refractivity contribution in [2.45, 2.75) is 44.9 Å². The predicted molar refractivity (Wildman–Crippen MR) is 106 cm³/mol. The van der Waals surface area contributed by atoms with E-state index in [4.69, 9.17) is 21.2 Å². The lowest BCUT2D eigenvalue weighted by Crippen LogP contribution is -2.11. The fourth-order valence-electron chi connectivity index (χ4n) is 3.42. The van der Waals surface area contributed by atoms with Crippen LogP contribution in [0, 0.1) is 17.6 Å². The molecule has 28 heavy (non-hydrogen) atoms. The van der Waals surface area contributed by atoms with Crippen molar-refractivity contribution in [2.24, 2.45) is 5.92 Å². The summed E-state index contributed by atoms with van der Waals surface area (Å²) in [7, 11) is 0. The Kier molecular flexibility index (Phi) is 7.86. The number of nitrogens with one attached hydrogen (secondary N) is 1. The molecule has 1 fully saturated rings. The summed E-state index contributed by atoms with van der Waals surface area (Å²) in [5, 5.41) is -0.212. The Morgan fingerprint density at radius 1 is 1.04 bits per heavy atom. The summed E-state index contributed by atoms with van der Waals surface area (Å²) in [6.07, 6.45) is 9.52. The Labute approximate surface area is 169 Å². The minimum Gasteiger partial charge on any atom is -0.492 e. The molecule has 1 saturated carbocycles. The van der Waals surface area contributed by atoms with Crippen molar-refractivity contribution in [2.75, 3.05) is 18.7 Å². The standard InChI is InChI=1S/C21H25ClF2N2O2/c22-21-17(18(23)7-8-19(21)24)11-13-28-26-20-9-6-16(14-25-20)27-12-10-15-4-2-1-3-5-15/h6-9,14-15H,1-5,10-13H2,(H,25,26). The number of aromatic nitrogens is 1. The molecule has 4 nitrogen and oxygen atoms in total. The van der Waals surface area contributed by atoms with Crippen molar-refractivity contribution in [3.8, 4) is 5.75 Å². The maximum absolute atomic E-state index is 13.7. The molecular formula is C21H25ClF2N2O2. The molecule has 0 unspecified atom stereocenters. The number of rotatable bonds is 9. The van der Waals surface area contributed by atoms with Gasteiger partial charge in [-0.3, -0.25) is 4.84 Å². The SMILES string of the molecule is Fc1ccc(F)c(CCONc2ccc(OCCC3CCCCC3)cn2)c1Cl. The van der Waals surface area contributed by atoms with Crippen LogP contribution in [0.4, 0.5) is 14.6 Å². The summed E-state index contributed by atoms with van der Waals surface area (Å²) in [4.78, 5) is 9.49. The van der Waals surface area contributed by atoms with Gasteiger partial charge in [0.15, 0.2) is 0 Å². The molecule has 1 N–H and O–H groups in total. The normalized spacial score (nSPS) is 14.8. The van der Waals surface area contributed by atoms with E-state index in [-0.39, 0.29) is 23.6 Å².